The fourth-order valence-electron chi connectivity index (χ4n) is 8.08. The van der Waals surface area contributed by atoms with Crippen LogP contribution in [0, 0.1) is 0 Å². The molecule has 5 aliphatic rings. The zero-order valence-electron chi connectivity index (χ0n) is 30.2. The number of likely N-dealkylation sites (tertiary alicyclic amines) is 1. The third-order valence-corrected chi connectivity index (χ3v) is 11.2. The van der Waals surface area contributed by atoms with E-state index in [2.05, 4.69) is 39.0 Å². The summed E-state index contributed by atoms with van der Waals surface area (Å²) < 4.78 is 7.54. The summed E-state index contributed by atoms with van der Waals surface area (Å²) in [5.41, 5.74) is 2.96. The van der Waals surface area contributed by atoms with E-state index in [-0.39, 0.29) is 35.9 Å². The van der Waals surface area contributed by atoms with E-state index in [1.54, 1.807) is 18.2 Å². The van der Waals surface area contributed by atoms with Crippen molar-refractivity contribution in [1.29, 1.82) is 0 Å². The topological polar surface area (TPSA) is 172 Å². The number of aromatic nitrogens is 4. The number of morpholine rings is 1. The lowest BCUT2D eigenvalue weighted by Crippen LogP contribution is -2.54. The minimum absolute atomic E-state index is 0.0801. The van der Waals surface area contributed by atoms with Crippen molar-refractivity contribution in [2.75, 3.05) is 51.3 Å². The second kappa shape index (κ2) is 15.6. The monoisotopic (exact) mass is 735 g/mol. The molecule has 0 bridgehead atoms. The summed E-state index contributed by atoms with van der Waals surface area (Å²) in [7, 11) is 0. The Morgan fingerprint density at radius 3 is 2.56 bits per heavy atom. The smallest absolute Gasteiger partial charge is 0.262 e. The number of nitrogens with zero attached hydrogens (tertiary/aromatic N) is 7. The largest absolute Gasteiger partial charge is 0.385 e. The fourth-order valence-corrected chi connectivity index (χ4v) is 8.08. The van der Waals surface area contributed by atoms with E-state index in [9.17, 15) is 24.0 Å². The third-order valence-electron chi connectivity index (χ3n) is 11.2. The lowest BCUT2D eigenvalue weighted by Gasteiger charge is -2.32. The summed E-state index contributed by atoms with van der Waals surface area (Å²) in [6.45, 7) is 5.44. The number of piperidine rings is 2. The number of anilines is 1. The molecule has 0 spiro atoms. The Labute approximate surface area is 312 Å². The highest BCUT2D eigenvalue weighted by Gasteiger charge is 2.44. The van der Waals surface area contributed by atoms with Gasteiger partial charge in [0.2, 0.25) is 17.7 Å². The van der Waals surface area contributed by atoms with Gasteiger partial charge in [0.25, 0.3) is 11.8 Å². The first kappa shape index (κ1) is 35.7. The minimum atomic E-state index is -0.986. The van der Waals surface area contributed by atoms with Gasteiger partial charge < -0.3 is 15.0 Å². The molecule has 2 aromatic heterocycles. The summed E-state index contributed by atoms with van der Waals surface area (Å²) in [6, 6.07) is 4.53. The molecule has 2 atom stereocenters. The highest BCUT2D eigenvalue weighted by Crippen LogP contribution is 2.30. The highest BCUT2D eigenvalue weighted by atomic mass is 16.5. The van der Waals surface area contributed by atoms with Gasteiger partial charge in [-0.25, -0.2) is 4.98 Å². The lowest BCUT2D eigenvalue weighted by molar-refractivity contribution is -0.136. The van der Waals surface area contributed by atoms with Gasteiger partial charge in [-0.3, -0.25) is 48.8 Å². The van der Waals surface area contributed by atoms with Crippen LogP contribution in [0.25, 0.3) is 23.4 Å². The van der Waals surface area contributed by atoms with E-state index in [0.29, 0.717) is 37.8 Å². The summed E-state index contributed by atoms with van der Waals surface area (Å²) in [5.74, 6) is -1.90. The number of carbonyl (C=O) groups is 5. The second-order valence-electron chi connectivity index (χ2n) is 14.6. The first-order chi connectivity index (χ1) is 26.3. The molecule has 3 aromatic rings. The number of imide groups is 2. The molecular formula is C39H45N9O6. The number of nitrogens with one attached hydrogen (secondary N) is 2. The van der Waals surface area contributed by atoms with Crippen LogP contribution in [0.15, 0.2) is 36.8 Å². The third kappa shape index (κ3) is 7.42. The first-order valence-corrected chi connectivity index (χ1v) is 19.1. The molecule has 6 heterocycles. The van der Waals surface area contributed by atoms with Crippen LogP contribution in [-0.4, -0.2) is 122 Å². The molecule has 0 saturated carbocycles. The number of amides is 5. The SMILES string of the molecule is O=C1CCC(N2C(=O)c3ccc(NCCCCCC(=O)N4CCC(n5cc(-c6cnc7c(n6)=CC(N6CCOCC6)CC=7)cn5)CC4)cc3C2=O)C(=O)N1. The highest BCUT2D eigenvalue weighted by molar-refractivity contribution is 6.23. The maximum absolute atomic E-state index is 13.1. The van der Waals surface area contributed by atoms with Crippen LogP contribution in [0.3, 0.4) is 0 Å². The normalized spacial score (nSPS) is 22.0. The van der Waals surface area contributed by atoms with Crippen molar-refractivity contribution in [2.24, 2.45) is 0 Å². The van der Waals surface area contributed by atoms with E-state index in [1.165, 1.54) is 0 Å². The van der Waals surface area contributed by atoms with Crippen LogP contribution in [-0.2, 0) is 19.1 Å². The van der Waals surface area contributed by atoms with Gasteiger partial charge in [-0.05, 0) is 62.8 Å². The molecule has 8 rings (SSSR count). The van der Waals surface area contributed by atoms with Gasteiger partial charge in [-0.1, -0.05) is 12.5 Å². The van der Waals surface area contributed by atoms with Gasteiger partial charge in [0.1, 0.15) is 6.04 Å². The number of hydrogen-bond donors (Lipinski definition) is 2. The summed E-state index contributed by atoms with van der Waals surface area (Å²) >= 11 is 0. The van der Waals surface area contributed by atoms with E-state index in [0.717, 1.165) is 91.7 Å². The zero-order chi connectivity index (χ0) is 37.2. The van der Waals surface area contributed by atoms with Gasteiger partial charge in [0.05, 0.1) is 59.2 Å². The van der Waals surface area contributed by atoms with Crippen molar-refractivity contribution in [2.45, 2.75) is 75.9 Å². The summed E-state index contributed by atoms with van der Waals surface area (Å²) in [4.78, 5) is 77.9. The van der Waals surface area contributed by atoms with Crippen LogP contribution < -0.4 is 21.3 Å². The Bertz CT molecular complexity index is 2080. The Balaban J connectivity index is 0.760. The number of rotatable bonds is 11. The summed E-state index contributed by atoms with van der Waals surface area (Å²) in [5, 5.41) is 12.0. The summed E-state index contributed by atoms with van der Waals surface area (Å²) in [6.07, 6.45) is 16.0. The van der Waals surface area contributed by atoms with Crippen molar-refractivity contribution in [3.63, 3.8) is 0 Å². The standard InChI is InChI=1S/C39H45N9O6/c49-35-10-9-34(37(51)44-35)48-38(52)29-7-5-26(20-30(29)39(48)53)40-13-3-1-2-4-36(50)46-14-11-27(12-15-46)47-24-25(22-42-47)33-23-41-31-8-6-28(21-32(31)43-33)45-16-18-54-19-17-45/h5,7-8,20-24,27-28,34,40H,1-4,6,9-19H2,(H,44,49,51). The zero-order valence-corrected chi connectivity index (χ0v) is 30.2. The molecule has 0 radical (unpaired) electrons. The molecule has 282 valence electrons. The van der Waals surface area contributed by atoms with E-state index < -0.39 is 29.7 Å². The first-order valence-electron chi connectivity index (χ1n) is 19.1. The average Bonchev–Trinajstić information content (AvgIpc) is 3.79. The average molecular weight is 736 g/mol. The van der Waals surface area contributed by atoms with Crippen molar-refractivity contribution < 1.29 is 28.7 Å². The van der Waals surface area contributed by atoms with Gasteiger partial charge in [-0.15, -0.1) is 0 Å². The number of carbonyl (C=O) groups excluding carboxylic acids is 5. The predicted octanol–water partition coefficient (Wildman–Crippen LogP) is 1.24. The van der Waals surface area contributed by atoms with Crippen molar-refractivity contribution >= 4 is 47.4 Å². The molecular weight excluding hydrogens is 690 g/mol. The van der Waals surface area contributed by atoms with Crippen LogP contribution in [0.5, 0.6) is 0 Å². The molecule has 4 aliphatic heterocycles. The Hall–Kier alpha value is -5.28. The molecule has 15 nitrogen and oxygen atoms in total. The van der Waals surface area contributed by atoms with Gasteiger partial charge in [0, 0.05) is 69.1 Å². The van der Waals surface area contributed by atoms with Crippen LogP contribution >= 0.6 is 0 Å². The molecule has 15 heteroatoms. The molecule has 1 aliphatic carbocycles. The van der Waals surface area contributed by atoms with Crippen molar-refractivity contribution in [3.8, 4) is 11.3 Å². The molecule has 1 aromatic carbocycles. The second-order valence-corrected chi connectivity index (χ2v) is 14.6. The Morgan fingerprint density at radius 2 is 1.74 bits per heavy atom. The number of fused-ring (bicyclic) bond motifs is 2. The van der Waals surface area contributed by atoms with Crippen LogP contribution in [0.4, 0.5) is 5.69 Å². The molecule has 54 heavy (non-hydrogen) atoms. The molecule has 3 saturated heterocycles. The van der Waals surface area contributed by atoms with Gasteiger partial charge in [-0.2, -0.15) is 5.10 Å². The van der Waals surface area contributed by atoms with Gasteiger partial charge >= 0.3 is 0 Å². The number of hydrogen-bond acceptors (Lipinski definition) is 11. The fraction of sp³-hybridized carbons (Fsp3) is 0.487. The Kier molecular flexibility index (Phi) is 10.3. The predicted molar refractivity (Wildman–Crippen MR) is 197 cm³/mol. The van der Waals surface area contributed by atoms with Crippen molar-refractivity contribution in [1.82, 2.24) is 39.8 Å². The Morgan fingerprint density at radius 1 is 0.926 bits per heavy atom. The maximum atomic E-state index is 13.1. The minimum Gasteiger partial charge on any atom is -0.385 e. The number of unbranched alkanes of at least 4 members (excludes halogenated alkanes) is 2. The van der Waals surface area contributed by atoms with Crippen LogP contribution in [0.2, 0.25) is 0 Å². The maximum Gasteiger partial charge on any atom is 0.262 e. The quantitative estimate of drug-likeness (QED) is 0.215. The number of benzene rings is 1. The van der Waals surface area contributed by atoms with E-state index in [1.807, 2.05) is 22.0 Å². The van der Waals surface area contributed by atoms with Crippen LogP contribution in [0.1, 0.15) is 84.5 Å². The van der Waals surface area contributed by atoms with E-state index >= 15 is 0 Å². The molecule has 5 amide bonds. The van der Waals surface area contributed by atoms with Gasteiger partial charge in [0.15, 0.2) is 0 Å². The van der Waals surface area contributed by atoms with Crippen molar-refractivity contribution in [3.05, 3.63) is 58.6 Å². The van der Waals surface area contributed by atoms with E-state index in [4.69, 9.17) is 14.7 Å². The number of ether oxygens (including phenoxy) is 1. The molecule has 3 fully saturated rings. The lowest BCUT2D eigenvalue weighted by atomic mass is 10.0. The molecule has 2 N–H and O–H groups in total. The molecule has 2 unspecified atom stereocenters.